The van der Waals surface area contributed by atoms with Gasteiger partial charge in [-0.05, 0) is 86.1 Å². The highest BCUT2D eigenvalue weighted by atomic mass is 16.5. The number of likely N-dealkylation sites (tertiary alicyclic amines) is 1. The fourth-order valence-corrected chi connectivity index (χ4v) is 6.25. The molecule has 6 heteroatoms. The summed E-state index contributed by atoms with van der Waals surface area (Å²) in [5, 5.41) is 0. The highest BCUT2D eigenvalue weighted by Gasteiger charge is 2.38. The van der Waals surface area contributed by atoms with Crippen molar-refractivity contribution in [2.75, 3.05) is 39.3 Å². The number of hydrogen-bond donors (Lipinski definition) is 1. The number of benzene rings is 2. The number of hydrogen-bond acceptors (Lipinski definition) is 4. The summed E-state index contributed by atoms with van der Waals surface area (Å²) in [4.78, 5) is 25.5. The minimum Gasteiger partial charge on any atom is -0.492 e. The Labute approximate surface area is 214 Å². The molecule has 1 amide bonds. The van der Waals surface area contributed by atoms with E-state index in [9.17, 15) is 4.79 Å². The Morgan fingerprint density at radius 2 is 1.92 bits per heavy atom. The van der Waals surface area contributed by atoms with Crippen LogP contribution in [0.25, 0.3) is 11.0 Å². The standard InChI is InChI=1S/C30H38N4O2/c35-29(25-10-11-26-27(19-25)32-22-31-26)34-15-13-30(14-16-34)12-4-3-6-24-5-1-2-7-28(24)36-18-17-33(21-30)20-23-8-9-23/h1-2,5,7,10-11,19,22-23H,3-4,6,8-9,12-18,20-21H2,(H,31,32). The van der Waals surface area contributed by atoms with Gasteiger partial charge >= 0.3 is 0 Å². The number of fused-ring (bicyclic) bond motifs is 2. The van der Waals surface area contributed by atoms with Crippen LogP contribution in [0, 0.1) is 11.3 Å². The molecule has 2 aliphatic heterocycles. The summed E-state index contributed by atoms with van der Waals surface area (Å²) in [6.45, 7) is 5.75. The van der Waals surface area contributed by atoms with Crippen molar-refractivity contribution < 1.29 is 9.53 Å². The molecule has 36 heavy (non-hydrogen) atoms. The number of amides is 1. The smallest absolute Gasteiger partial charge is 0.253 e. The summed E-state index contributed by atoms with van der Waals surface area (Å²) in [6, 6.07) is 14.4. The van der Waals surface area contributed by atoms with Crippen LogP contribution >= 0.6 is 0 Å². The van der Waals surface area contributed by atoms with Crippen LogP contribution in [0.4, 0.5) is 0 Å². The number of nitrogens with one attached hydrogen (secondary N) is 1. The predicted molar refractivity (Wildman–Crippen MR) is 142 cm³/mol. The second-order valence-electron chi connectivity index (χ2n) is 11.3. The Kier molecular flexibility index (Phi) is 6.70. The van der Waals surface area contributed by atoms with Gasteiger partial charge in [0, 0.05) is 38.3 Å². The third-order valence-corrected chi connectivity index (χ3v) is 8.59. The molecule has 0 unspecified atom stereocenters. The monoisotopic (exact) mass is 486 g/mol. The number of carbonyl (C=O) groups excluding carboxylic acids is 1. The molecule has 2 aromatic carbocycles. The second-order valence-corrected chi connectivity index (χ2v) is 11.3. The minimum atomic E-state index is 0.148. The highest BCUT2D eigenvalue weighted by Crippen LogP contribution is 2.40. The molecule has 1 saturated carbocycles. The molecule has 2 fully saturated rings. The maximum atomic E-state index is 13.3. The second kappa shape index (κ2) is 10.3. The maximum Gasteiger partial charge on any atom is 0.253 e. The van der Waals surface area contributed by atoms with Crippen molar-refractivity contribution in [2.24, 2.45) is 11.3 Å². The summed E-state index contributed by atoms with van der Waals surface area (Å²) >= 11 is 0. The van der Waals surface area contributed by atoms with Gasteiger partial charge in [0.05, 0.1) is 17.4 Å². The van der Waals surface area contributed by atoms with Crippen LogP contribution < -0.4 is 4.74 Å². The first-order chi connectivity index (χ1) is 17.7. The molecule has 3 aromatic rings. The van der Waals surface area contributed by atoms with Crippen molar-refractivity contribution in [3.8, 4) is 5.75 Å². The highest BCUT2D eigenvalue weighted by molar-refractivity contribution is 5.97. The van der Waals surface area contributed by atoms with E-state index in [1.54, 1.807) is 6.33 Å². The van der Waals surface area contributed by atoms with E-state index < -0.39 is 0 Å². The van der Waals surface area contributed by atoms with Crippen molar-refractivity contribution in [1.82, 2.24) is 19.8 Å². The first kappa shape index (κ1) is 23.5. The van der Waals surface area contributed by atoms with E-state index in [-0.39, 0.29) is 11.3 Å². The number of aromatic amines is 1. The summed E-state index contributed by atoms with van der Waals surface area (Å²) in [5.74, 6) is 2.08. The SMILES string of the molecule is O=C(c1ccc2nc[nH]c2c1)N1CCC2(CCCCc3ccccc3OCCN(CC3CC3)C2)CC1. The molecule has 0 bridgehead atoms. The van der Waals surface area contributed by atoms with Gasteiger partial charge < -0.3 is 14.6 Å². The maximum absolute atomic E-state index is 13.3. The summed E-state index contributed by atoms with van der Waals surface area (Å²) in [5.41, 5.74) is 4.22. The third kappa shape index (κ3) is 5.29. The normalized spacial score (nSPS) is 21.4. The van der Waals surface area contributed by atoms with Crippen LogP contribution in [0.3, 0.4) is 0 Å². The van der Waals surface area contributed by atoms with E-state index >= 15 is 0 Å². The van der Waals surface area contributed by atoms with Crippen LogP contribution in [0.15, 0.2) is 48.8 Å². The average Bonchev–Trinajstić information content (AvgIpc) is 3.59. The fraction of sp³-hybridized carbons (Fsp3) is 0.533. The third-order valence-electron chi connectivity index (χ3n) is 8.59. The fourth-order valence-electron chi connectivity index (χ4n) is 6.25. The van der Waals surface area contributed by atoms with Crippen molar-refractivity contribution in [1.29, 1.82) is 0 Å². The lowest BCUT2D eigenvalue weighted by Gasteiger charge is -2.45. The summed E-state index contributed by atoms with van der Waals surface area (Å²) < 4.78 is 6.29. The molecule has 0 atom stereocenters. The lowest BCUT2D eigenvalue weighted by atomic mass is 9.73. The van der Waals surface area contributed by atoms with Gasteiger partial charge in [-0.15, -0.1) is 0 Å². The number of rotatable bonds is 3. The molecule has 3 aliphatic rings. The van der Waals surface area contributed by atoms with Crippen molar-refractivity contribution in [2.45, 2.75) is 51.4 Å². The van der Waals surface area contributed by atoms with Gasteiger partial charge in [0.1, 0.15) is 12.4 Å². The van der Waals surface area contributed by atoms with Gasteiger partial charge in [-0.3, -0.25) is 9.69 Å². The number of aryl methyl sites for hydroxylation is 1. The zero-order chi connectivity index (χ0) is 24.4. The van der Waals surface area contributed by atoms with Gasteiger partial charge in [0.25, 0.3) is 5.91 Å². The van der Waals surface area contributed by atoms with Gasteiger partial charge in [-0.25, -0.2) is 4.98 Å². The van der Waals surface area contributed by atoms with Gasteiger partial charge in [-0.1, -0.05) is 24.6 Å². The molecule has 6 nitrogen and oxygen atoms in total. The number of carbonyl (C=O) groups is 1. The molecule has 1 spiro atoms. The number of para-hydroxylation sites is 1. The van der Waals surface area contributed by atoms with Crippen LogP contribution in [-0.4, -0.2) is 65.0 Å². The van der Waals surface area contributed by atoms with Gasteiger partial charge in [0.2, 0.25) is 0 Å². The zero-order valence-corrected chi connectivity index (χ0v) is 21.3. The molecule has 1 aromatic heterocycles. The lowest BCUT2D eigenvalue weighted by molar-refractivity contribution is 0.0368. The number of H-pyrrole nitrogens is 1. The molecular weight excluding hydrogens is 448 g/mol. The van der Waals surface area contributed by atoms with Crippen LogP contribution in [0.5, 0.6) is 5.75 Å². The number of nitrogens with zero attached hydrogens (tertiary/aromatic N) is 3. The number of ether oxygens (including phenoxy) is 1. The number of imidazole rings is 1. The van der Waals surface area contributed by atoms with E-state index in [0.717, 1.165) is 80.3 Å². The number of aromatic nitrogens is 2. The number of piperidine rings is 1. The Morgan fingerprint density at radius 3 is 2.78 bits per heavy atom. The molecular formula is C30H38N4O2. The Bertz CT molecular complexity index is 1190. The molecule has 6 rings (SSSR count). The first-order valence-electron chi connectivity index (χ1n) is 13.8. The van der Waals surface area contributed by atoms with Crippen LogP contribution in [0.1, 0.15) is 60.9 Å². The molecule has 1 saturated heterocycles. The topological polar surface area (TPSA) is 61.5 Å². The Hall–Kier alpha value is -2.86. The summed E-state index contributed by atoms with van der Waals surface area (Å²) in [6.07, 6.45) is 11.4. The first-order valence-corrected chi connectivity index (χ1v) is 13.8. The van der Waals surface area contributed by atoms with Crippen LogP contribution in [0.2, 0.25) is 0 Å². The summed E-state index contributed by atoms with van der Waals surface area (Å²) in [7, 11) is 0. The molecule has 1 aliphatic carbocycles. The largest absolute Gasteiger partial charge is 0.492 e. The van der Waals surface area contributed by atoms with Crippen molar-refractivity contribution in [3.63, 3.8) is 0 Å². The van der Waals surface area contributed by atoms with Crippen molar-refractivity contribution in [3.05, 3.63) is 59.9 Å². The zero-order valence-electron chi connectivity index (χ0n) is 21.3. The molecule has 3 heterocycles. The van der Waals surface area contributed by atoms with E-state index in [1.807, 2.05) is 18.2 Å². The van der Waals surface area contributed by atoms with Crippen molar-refractivity contribution >= 4 is 16.9 Å². The molecule has 190 valence electrons. The molecule has 0 radical (unpaired) electrons. The van der Waals surface area contributed by atoms with Gasteiger partial charge in [0.15, 0.2) is 0 Å². The van der Waals surface area contributed by atoms with Crippen LogP contribution in [-0.2, 0) is 6.42 Å². The quantitative estimate of drug-likeness (QED) is 0.546. The Balaban J connectivity index is 1.15. The lowest BCUT2D eigenvalue weighted by Crippen LogP contribution is -2.49. The minimum absolute atomic E-state index is 0.148. The van der Waals surface area contributed by atoms with E-state index in [2.05, 4.69) is 44.0 Å². The average molecular weight is 487 g/mol. The predicted octanol–water partition coefficient (Wildman–Crippen LogP) is 5.30. The van der Waals surface area contributed by atoms with Gasteiger partial charge in [-0.2, -0.15) is 0 Å². The van der Waals surface area contributed by atoms with E-state index in [4.69, 9.17) is 4.74 Å². The van der Waals surface area contributed by atoms with E-state index in [0.29, 0.717) is 0 Å². The van der Waals surface area contributed by atoms with E-state index in [1.165, 1.54) is 44.2 Å². The molecule has 1 N–H and O–H groups in total. The Morgan fingerprint density at radius 1 is 1.06 bits per heavy atom.